The van der Waals surface area contributed by atoms with Crippen molar-refractivity contribution in [2.45, 2.75) is 38.8 Å². The maximum Gasteiger partial charge on any atom is 0.116 e. The summed E-state index contributed by atoms with van der Waals surface area (Å²) in [5.41, 5.74) is -0.440. The van der Waals surface area contributed by atoms with E-state index < -0.39 is 5.54 Å². The van der Waals surface area contributed by atoms with E-state index in [-0.39, 0.29) is 0 Å². The molecule has 2 atom stereocenters. The molecule has 1 rings (SSSR count). The Labute approximate surface area is 98.6 Å². The van der Waals surface area contributed by atoms with Gasteiger partial charge in [0.1, 0.15) is 5.54 Å². The lowest BCUT2D eigenvalue weighted by Gasteiger charge is -2.36. The van der Waals surface area contributed by atoms with Gasteiger partial charge in [0.05, 0.1) is 18.8 Å². The zero-order valence-corrected chi connectivity index (χ0v) is 10.6. The molecule has 1 saturated heterocycles. The first kappa shape index (κ1) is 13.4. The highest BCUT2D eigenvalue weighted by molar-refractivity contribution is 5.05. The summed E-state index contributed by atoms with van der Waals surface area (Å²) in [6.45, 7) is 10.4. The van der Waals surface area contributed by atoms with Crippen LogP contribution in [0.4, 0.5) is 0 Å². The monoisotopic (exact) mass is 225 g/mol. The Balaban J connectivity index is 2.49. The van der Waals surface area contributed by atoms with Crippen LogP contribution in [-0.4, -0.2) is 49.3 Å². The Kier molecular flexibility index (Phi) is 5.20. The fourth-order valence-corrected chi connectivity index (χ4v) is 2.14. The fraction of sp³-hybridized carbons (Fsp3) is 0.917. The van der Waals surface area contributed by atoms with E-state index in [4.69, 9.17) is 4.74 Å². The van der Waals surface area contributed by atoms with Crippen LogP contribution in [0, 0.1) is 11.3 Å². The van der Waals surface area contributed by atoms with Gasteiger partial charge in [-0.05, 0) is 19.9 Å². The molecule has 4 nitrogen and oxygen atoms in total. The van der Waals surface area contributed by atoms with Gasteiger partial charge in [-0.25, -0.2) is 0 Å². The molecule has 0 amide bonds. The predicted molar refractivity (Wildman–Crippen MR) is 64.2 cm³/mol. The zero-order valence-electron chi connectivity index (χ0n) is 10.6. The second-order valence-corrected chi connectivity index (χ2v) is 4.61. The van der Waals surface area contributed by atoms with E-state index in [9.17, 15) is 5.26 Å². The molecule has 16 heavy (non-hydrogen) atoms. The van der Waals surface area contributed by atoms with Crippen molar-refractivity contribution in [1.82, 2.24) is 10.2 Å². The number of rotatable bonds is 5. The molecule has 0 spiro atoms. The number of likely N-dealkylation sites (N-methyl/N-ethyl adjacent to an activating group) is 1. The Morgan fingerprint density at radius 2 is 2.31 bits per heavy atom. The number of hydrogen-bond donors (Lipinski definition) is 1. The van der Waals surface area contributed by atoms with E-state index >= 15 is 0 Å². The normalized spacial score (nSPS) is 26.0. The average molecular weight is 225 g/mol. The molecule has 1 N–H and O–H groups in total. The number of ether oxygens (including phenoxy) is 1. The minimum absolute atomic E-state index is 0.332. The van der Waals surface area contributed by atoms with Crippen LogP contribution in [0.3, 0.4) is 0 Å². The summed E-state index contributed by atoms with van der Waals surface area (Å²) in [5.74, 6) is 0. The van der Waals surface area contributed by atoms with Gasteiger partial charge in [-0.3, -0.25) is 10.2 Å². The van der Waals surface area contributed by atoms with Gasteiger partial charge in [-0.1, -0.05) is 13.8 Å². The molecule has 4 heteroatoms. The highest BCUT2D eigenvalue weighted by Gasteiger charge is 2.28. The van der Waals surface area contributed by atoms with E-state index in [1.54, 1.807) is 0 Å². The maximum atomic E-state index is 9.20. The molecule has 1 heterocycles. The highest BCUT2D eigenvalue weighted by atomic mass is 16.5. The van der Waals surface area contributed by atoms with Gasteiger partial charge in [0.25, 0.3) is 0 Å². The molecule has 0 saturated carbocycles. The quantitative estimate of drug-likeness (QED) is 0.758. The first-order valence-electron chi connectivity index (χ1n) is 6.13. The SMILES string of the molecule is CCNC(C)(C#N)CN1CCOC(CC)C1. The van der Waals surface area contributed by atoms with E-state index in [1.165, 1.54) is 0 Å². The zero-order chi connectivity index (χ0) is 12.0. The third kappa shape index (κ3) is 3.75. The van der Waals surface area contributed by atoms with Gasteiger partial charge in [-0.15, -0.1) is 0 Å². The van der Waals surface area contributed by atoms with Gasteiger partial charge in [0.15, 0.2) is 0 Å². The lowest BCUT2D eigenvalue weighted by molar-refractivity contribution is -0.0341. The molecule has 0 aromatic carbocycles. The van der Waals surface area contributed by atoms with Crippen LogP contribution in [-0.2, 0) is 4.74 Å². The van der Waals surface area contributed by atoms with Crippen molar-refractivity contribution in [1.29, 1.82) is 5.26 Å². The fourth-order valence-electron chi connectivity index (χ4n) is 2.14. The summed E-state index contributed by atoms with van der Waals surface area (Å²) in [6.07, 6.45) is 1.37. The molecule has 92 valence electrons. The molecule has 0 aromatic heterocycles. The third-order valence-corrected chi connectivity index (χ3v) is 3.03. The third-order valence-electron chi connectivity index (χ3n) is 3.03. The molecule has 2 unspecified atom stereocenters. The first-order valence-corrected chi connectivity index (χ1v) is 6.13. The van der Waals surface area contributed by atoms with Crippen molar-refractivity contribution >= 4 is 0 Å². The molecule has 0 aliphatic carbocycles. The Bertz CT molecular complexity index is 251. The van der Waals surface area contributed by atoms with Crippen molar-refractivity contribution in [2.24, 2.45) is 0 Å². The summed E-state index contributed by atoms with van der Waals surface area (Å²) in [6, 6.07) is 2.37. The summed E-state index contributed by atoms with van der Waals surface area (Å²) in [5, 5.41) is 12.4. The largest absolute Gasteiger partial charge is 0.376 e. The molecular weight excluding hydrogens is 202 g/mol. The van der Waals surface area contributed by atoms with Crippen LogP contribution in [0.2, 0.25) is 0 Å². The number of morpholine rings is 1. The van der Waals surface area contributed by atoms with Crippen LogP contribution in [0.25, 0.3) is 0 Å². The summed E-state index contributed by atoms with van der Waals surface area (Å²) in [4.78, 5) is 2.32. The minimum Gasteiger partial charge on any atom is -0.376 e. The summed E-state index contributed by atoms with van der Waals surface area (Å²) < 4.78 is 5.62. The molecule has 1 aliphatic rings. The highest BCUT2D eigenvalue weighted by Crippen LogP contribution is 2.12. The minimum atomic E-state index is -0.440. The second-order valence-electron chi connectivity index (χ2n) is 4.61. The molecule has 1 aliphatic heterocycles. The van der Waals surface area contributed by atoms with Crippen molar-refractivity contribution in [3.8, 4) is 6.07 Å². The maximum absolute atomic E-state index is 9.20. The van der Waals surface area contributed by atoms with Crippen molar-refractivity contribution in [2.75, 3.05) is 32.8 Å². The number of hydrogen-bond acceptors (Lipinski definition) is 4. The standard InChI is InChI=1S/C12H23N3O/c1-4-11-8-15(6-7-16-11)10-12(3,9-13)14-5-2/h11,14H,4-8,10H2,1-3H3. The van der Waals surface area contributed by atoms with Crippen LogP contribution in [0.15, 0.2) is 0 Å². The Morgan fingerprint density at radius 1 is 1.56 bits per heavy atom. The smallest absolute Gasteiger partial charge is 0.116 e. The topological polar surface area (TPSA) is 48.3 Å². The molecule has 1 fully saturated rings. The van der Waals surface area contributed by atoms with Crippen LogP contribution < -0.4 is 5.32 Å². The average Bonchev–Trinajstić information content (AvgIpc) is 2.29. The van der Waals surface area contributed by atoms with Crippen molar-refractivity contribution < 1.29 is 4.74 Å². The van der Waals surface area contributed by atoms with Gasteiger partial charge >= 0.3 is 0 Å². The Hall–Kier alpha value is -0.630. The lowest BCUT2D eigenvalue weighted by Crippen LogP contribution is -2.54. The molecule has 0 radical (unpaired) electrons. The van der Waals surface area contributed by atoms with E-state index in [0.717, 1.165) is 39.2 Å². The predicted octanol–water partition coefficient (Wildman–Crippen LogP) is 0.989. The van der Waals surface area contributed by atoms with Gasteiger partial charge < -0.3 is 4.74 Å². The van der Waals surface area contributed by atoms with Crippen molar-refractivity contribution in [3.63, 3.8) is 0 Å². The van der Waals surface area contributed by atoms with Gasteiger partial charge in [0.2, 0.25) is 0 Å². The van der Waals surface area contributed by atoms with Crippen LogP contribution in [0.5, 0.6) is 0 Å². The second kappa shape index (κ2) is 6.19. The lowest BCUT2D eigenvalue weighted by atomic mass is 10.0. The van der Waals surface area contributed by atoms with Gasteiger partial charge in [-0.2, -0.15) is 5.26 Å². The van der Waals surface area contributed by atoms with E-state index in [2.05, 4.69) is 23.2 Å². The molecule has 0 aromatic rings. The molecular formula is C12H23N3O. The molecule has 0 bridgehead atoms. The van der Waals surface area contributed by atoms with Crippen LogP contribution in [0.1, 0.15) is 27.2 Å². The van der Waals surface area contributed by atoms with E-state index in [1.807, 2.05) is 13.8 Å². The number of nitrogens with zero attached hydrogens (tertiary/aromatic N) is 2. The van der Waals surface area contributed by atoms with Crippen LogP contribution >= 0.6 is 0 Å². The van der Waals surface area contributed by atoms with Crippen molar-refractivity contribution in [3.05, 3.63) is 0 Å². The Morgan fingerprint density at radius 3 is 2.88 bits per heavy atom. The van der Waals surface area contributed by atoms with E-state index in [0.29, 0.717) is 6.10 Å². The summed E-state index contributed by atoms with van der Waals surface area (Å²) in [7, 11) is 0. The number of nitriles is 1. The number of nitrogens with one attached hydrogen (secondary N) is 1. The van der Waals surface area contributed by atoms with Gasteiger partial charge in [0, 0.05) is 19.6 Å². The first-order chi connectivity index (χ1) is 7.63. The summed E-state index contributed by atoms with van der Waals surface area (Å²) >= 11 is 0.